The van der Waals surface area contributed by atoms with Gasteiger partial charge in [0.25, 0.3) is 0 Å². The highest BCUT2D eigenvalue weighted by atomic mass is 16.8. The molecule has 0 aromatic carbocycles. The van der Waals surface area contributed by atoms with Crippen LogP contribution in [-0.2, 0) is 52.2 Å². The molecule has 5 saturated heterocycles. The minimum Gasteiger partial charge on any atom is -0.394 e. The highest BCUT2D eigenvalue weighted by molar-refractivity contribution is 5.86. The largest absolute Gasteiger partial charge is 0.394 e. The maximum absolute atomic E-state index is 14.1. The van der Waals surface area contributed by atoms with Crippen LogP contribution in [0.2, 0.25) is 0 Å². The summed E-state index contributed by atoms with van der Waals surface area (Å²) < 4.78 is 60.1. The summed E-state index contributed by atoms with van der Waals surface area (Å²) in [4.78, 5) is 14.1. The number of fused-ring (bicyclic) bond motifs is 5. The van der Waals surface area contributed by atoms with Crippen LogP contribution in [0.3, 0.4) is 0 Å². The fraction of sp³-hybridized carbons (Fsp3) is 0.947. The molecule has 0 aromatic rings. The first-order chi connectivity index (χ1) is 38.5. The SMILES string of the molecule is C=C(C)CCCC(O)[C@H]1C(=O)C[C@@]2(C)C3CCC4C(C)(C)[C@@H](O[C@@H]5OC[C@@H](O[C@@H]6O[C@H](CO)[C@@H](O)[C@H](O)[C@H]6O)[C@H](O)[C@H]5O[C@@H]5O[C@H](C)[C@@H](O[C@@H]6OC[C@@H](O)[C@H](O[C@@H]7O[C@H](CO)[C@@H](O)[C@H](O)[C@H]7O)[C@H]6O)[C@H](O)[C@H]5O)CC[C@]4(C)C3CC[C@]12C. The molecule has 82 heavy (non-hydrogen) atoms. The minimum atomic E-state index is -1.95. The van der Waals surface area contributed by atoms with E-state index < -0.39 is 185 Å². The third-order valence-electron chi connectivity index (χ3n) is 21.5. The van der Waals surface area contributed by atoms with E-state index in [0.29, 0.717) is 19.3 Å². The second kappa shape index (κ2) is 25.1. The Bertz CT molecular complexity index is 2170. The van der Waals surface area contributed by atoms with Gasteiger partial charge in [-0.15, -0.1) is 6.58 Å². The lowest BCUT2D eigenvalue weighted by Crippen LogP contribution is -2.66. The van der Waals surface area contributed by atoms with Crippen LogP contribution in [0.15, 0.2) is 12.2 Å². The summed E-state index contributed by atoms with van der Waals surface area (Å²) in [5.74, 6) is 0.402. The number of hydrogen-bond donors (Lipinski definition) is 14. The molecule has 32 atom stereocenters. The van der Waals surface area contributed by atoms with Crippen molar-refractivity contribution in [1.82, 2.24) is 0 Å². The Morgan fingerprint density at radius 1 is 0.598 bits per heavy atom. The number of rotatable bonds is 17. The van der Waals surface area contributed by atoms with E-state index in [9.17, 15) is 76.3 Å². The lowest BCUT2D eigenvalue weighted by atomic mass is 9.38. The number of Topliss-reactive ketones (excluding diaryl/α,β-unsaturated/α-hetero) is 1. The summed E-state index contributed by atoms with van der Waals surface area (Å²) in [6.45, 7) is 16.2. The Balaban J connectivity index is 0.904. The predicted molar refractivity (Wildman–Crippen MR) is 280 cm³/mol. The second-order valence-electron chi connectivity index (χ2n) is 26.8. The molecule has 9 fully saturated rings. The van der Waals surface area contributed by atoms with E-state index in [1.54, 1.807) is 0 Å². The van der Waals surface area contributed by atoms with E-state index in [2.05, 4.69) is 41.2 Å². The van der Waals surface area contributed by atoms with E-state index in [-0.39, 0.29) is 46.4 Å². The Morgan fingerprint density at radius 2 is 1.17 bits per heavy atom. The average molecular weight is 1180 g/mol. The molecule has 0 aromatic heterocycles. The summed E-state index contributed by atoms with van der Waals surface area (Å²) in [7, 11) is 0. The number of hydrogen-bond acceptors (Lipinski definition) is 25. The van der Waals surface area contributed by atoms with Gasteiger partial charge in [-0.1, -0.05) is 40.2 Å². The molecule has 0 spiro atoms. The lowest BCUT2D eigenvalue weighted by Gasteiger charge is -2.67. The maximum Gasteiger partial charge on any atom is 0.187 e. The number of aliphatic hydroxyl groups excluding tert-OH is 14. The highest BCUT2D eigenvalue weighted by Gasteiger charge is 2.70. The molecule has 25 nitrogen and oxygen atoms in total. The molecule has 14 N–H and O–H groups in total. The second-order valence-corrected chi connectivity index (χ2v) is 26.8. The van der Waals surface area contributed by atoms with Crippen molar-refractivity contribution in [3.63, 3.8) is 0 Å². The van der Waals surface area contributed by atoms with Crippen molar-refractivity contribution in [1.29, 1.82) is 0 Å². The molecule has 5 aliphatic heterocycles. The van der Waals surface area contributed by atoms with Crippen molar-refractivity contribution in [3.05, 3.63) is 12.2 Å². The number of aliphatic hydroxyl groups is 14. The molecule has 4 saturated carbocycles. The fourth-order valence-corrected chi connectivity index (χ4v) is 16.7. The molecule has 4 unspecified atom stereocenters. The Labute approximate surface area is 478 Å². The summed E-state index contributed by atoms with van der Waals surface area (Å²) in [6.07, 6.45) is -31.8. The van der Waals surface area contributed by atoms with Crippen molar-refractivity contribution < 1.29 is 124 Å². The highest BCUT2D eigenvalue weighted by Crippen LogP contribution is 2.74. The molecular formula is C57H94O25. The standard InChI is InChI=1S/C57H94O25/c1-23(2)10-9-11-27(60)35-28(61)18-57(8)26-12-13-33-54(4,5)34(15-16-55(33,6)25(26)14-17-56(35,57)7)79-53-48(38(65)32(22-74-53)78-51-42(69)39(66)36(63)30(19-58)76-51)82-50-44(71)41(68)46(24(3)75-50)80-49-45(72)47(29(62)21-73-49)81-52-43(70)40(67)37(64)31(20-59)77-52/h24-27,29-53,58-60,62-72H,1,9-22H2,2-8H3/t24-,25?,26?,27?,29-,30-,31-,32-,33?,34+,35+,36-,37-,38+,39+,40+,41-,42-,43-,44-,45-,46-,47+,48-,49+,50+,51+,52+,53+,55-,56-,57+/m1/s1. The molecule has 0 radical (unpaired) electrons. The zero-order valence-corrected chi connectivity index (χ0v) is 48.1. The molecule has 472 valence electrons. The van der Waals surface area contributed by atoms with Gasteiger partial charge in [-0.25, -0.2) is 0 Å². The van der Waals surface area contributed by atoms with Gasteiger partial charge in [0.15, 0.2) is 31.5 Å². The Kier molecular flexibility index (Phi) is 19.9. The van der Waals surface area contributed by atoms with E-state index >= 15 is 0 Å². The van der Waals surface area contributed by atoms with E-state index in [1.807, 2.05) is 6.92 Å². The Hall–Kier alpha value is -1.55. The van der Waals surface area contributed by atoms with Gasteiger partial charge in [-0.3, -0.25) is 4.79 Å². The fourth-order valence-electron chi connectivity index (χ4n) is 16.7. The molecule has 9 aliphatic rings. The molecule has 5 heterocycles. The molecule has 25 heteroatoms. The molecule has 4 aliphatic carbocycles. The first-order valence-corrected chi connectivity index (χ1v) is 29.6. The van der Waals surface area contributed by atoms with Gasteiger partial charge < -0.3 is 119 Å². The predicted octanol–water partition coefficient (Wildman–Crippen LogP) is -2.25. The van der Waals surface area contributed by atoms with Crippen LogP contribution in [0.4, 0.5) is 0 Å². The first-order valence-electron chi connectivity index (χ1n) is 29.6. The summed E-state index contributed by atoms with van der Waals surface area (Å²) >= 11 is 0. The van der Waals surface area contributed by atoms with Crippen molar-refractivity contribution in [3.8, 4) is 0 Å². The van der Waals surface area contributed by atoms with Crippen molar-refractivity contribution >= 4 is 5.78 Å². The van der Waals surface area contributed by atoms with E-state index in [0.717, 1.165) is 50.5 Å². The van der Waals surface area contributed by atoms with Crippen LogP contribution < -0.4 is 0 Å². The number of allylic oxidation sites excluding steroid dienone is 1. The monoisotopic (exact) mass is 1180 g/mol. The number of ketones is 1. The third kappa shape index (κ3) is 11.6. The van der Waals surface area contributed by atoms with Gasteiger partial charge in [0, 0.05) is 12.3 Å². The van der Waals surface area contributed by atoms with Gasteiger partial charge in [0.2, 0.25) is 0 Å². The van der Waals surface area contributed by atoms with Gasteiger partial charge in [0.05, 0.1) is 44.7 Å². The van der Waals surface area contributed by atoms with Crippen molar-refractivity contribution in [2.24, 2.45) is 45.3 Å². The zero-order valence-electron chi connectivity index (χ0n) is 48.1. The van der Waals surface area contributed by atoms with Crippen LogP contribution in [-0.4, -0.2) is 257 Å². The number of carbonyl (C=O) groups is 1. The van der Waals surface area contributed by atoms with Crippen LogP contribution in [0, 0.1) is 45.3 Å². The maximum atomic E-state index is 14.1. The summed E-state index contributed by atoms with van der Waals surface area (Å²) in [5.41, 5.74) is -0.297. The average Bonchev–Trinajstić information content (AvgIpc) is 1.44. The quantitative estimate of drug-likeness (QED) is 0.0540. The van der Waals surface area contributed by atoms with E-state index in [1.165, 1.54) is 6.92 Å². The van der Waals surface area contributed by atoms with Crippen LogP contribution in [0.25, 0.3) is 0 Å². The van der Waals surface area contributed by atoms with Gasteiger partial charge in [-0.2, -0.15) is 0 Å². The van der Waals surface area contributed by atoms with E-state index in [4.69, 9.17) is 47.4 Å². The number of ether oxygens (including phenoxy) is 10. The van der Waals surface area contributed by atoms with Crippen LogP contribution in [0.1, 0.15) is 113 Å². The molecular weight excluding hydrogens is 1080 g/mol. The Morgan fingerprint density at radius 3 is 1.79 bits per heavy atom. The molecule has 9 rings (SSSR count). The summed E-state index contributed by atoms with van der Waals surface area (Å²) in [5, 5.41) is 152. The molecule has 0 amide bonds. The van der Waals surface area contributed by atoms with Gasteiger partial charge in [0.1, 0.15) is 110 Å². The first kappa shape index (κ1) is 64.9. The minimum absolute atomic E-state index is 0.129. The smallest absolute Gasteiger partial charge is 0.187 e. The van der Waals surface area contributed by atoms with Crippen molar-refractivity contribution in [2.45, 2.75) is 266 Å². The van der Waals surface area contributed by atoms with Crippen LogP contribution in [0.5, 0.6) is 0 Å². The number of carbonyl (C=O) groups excluding carboxylic acids is 1. The zero-order chi connectivity index (χ0) is 59.9. The molecule has 0 bridgehead atoms. The topological polar surface area (TPSA) is 393 Å². The normalized spacial score (nSPS) is 52.8. The third-order valence-corrected chi connectivity index (χ3v) is 21.5. The van der Waals surface area contributed by atoms with Crippen molar-refractivity contribution in [2.75, 3.05) is 26.4 Å². The van der Waals surface area contributed by atoms with Gasteiger partial charge in [-0.05, 0) is 111 Å². The van der Waals surface area contributed by atoms with Gasteiger partial charge >= 0.3 is 0 Å². The van der Waals surface area contributed by atoms with Crippen LogP contribution >= 0.6 is 0 Å². The lowest BCUT2D eigenvalue weighted by molar-refractivity contribution is -0.390. The summed E-state index contributed by atoms with van der Waals surface area (Å²) in [6, 6.07) is 0.